The Morgan fingerprint density at radius 1 is 1.11 bits per heavy atom. The number of carbonyl (C=O) groups is 1. The van der Waals surface area contributed by atoms with Crippen molar-refractivity contribution in [2.45, 2.75) is 44.9 Å². The summed E-state index contributed by atoms with van der Waals surface area (Å²) in [7, 11) is 0. The summed E-state index contributed by atoms with van der Waals surface area (Å²) >= 11 is 1.74. The highest BCUT2D eigenvalue weighted by atomic mass is 32.1. The first-order valence-corrected chi connectivity index (χ1v) is 11.1. The van der Waals surface area contributed by atoms with Gasteiger partial charge in [-0.1, -0.05) is 48.8 Å². The van der Waals surface area contributed by atoms with Gasteiger partial charge in [-0.2, -0.15) is 0 Å². The molecular weight excluding hydrogens is 372 g/mol. The van der Waals surface area contributed by atoms with Gasteiger partial charge in [-0.25, -0.2) is 0 Å². The second kappa shape index (κ2) is 8.90. The zero-order valence-electron chi connectivity index (χ0n) is 16.5. The van der Waals surface area contributed by atoms with Crippen LogP contribution in [0.15, 0.2) is 24.3 Å². The molecule has 0 unspecified atom stereocenters. The molecule has 1 aliphatic heterocycles. The van der Waals surface area contributed by atoms with Crippen LogP contribution < -0.4 is 9.64 Å². The molecule has 1 aromatic heterocycles. The molecule has 7 heteroatoms. The molecule has 2 heterocycles. The molecule has 1 aliphatic carbocycles. The van der Waals surface area contributed by atoms with E-state index >= 15 is 0 Å². The van der Waals surface area contributed by atoms with E-state index in [-0.39, 0.29) is 12.5 Å². The summed E-state index contributed by atoms with van der Waals surface area (Å²) in [6.45, 7) is 5.09. The van der Waals surface area contributed by atoms with Gasteiger partial charge in [0.05, 0.1) is 0 Å². The molecule has 2 aliphatic rings. The number of hydrogen-bond donors (Lipinski definition) is 0. The Morgan fingerprint density at radius 2 is 1.86 bits per heavy atom. The van der Waals surface area contributed by atoms with Crippen molar-refractivity contribution in [3.63, 3.8) is 0 Å². The Hall–Kier alpha value is -2.15. The van der Waals surface area contributed by atoms with Crippen molar-refractivity contribution in [1.29, 1.82) is 0 Å². The molecule has 0 N–H and O–H groups in total. The second-order valence-corrected chi connectivity index (χ2v) is 8.67. The smallest absolute Gasteiger partial charge is 0.260 e. The van der Waals surface area contributed by atoms with Gasteiger partial charge >= 0.3 is 0 Å². The van der Waals surface area contributed by atoms with Gasteiger partial charge in [-0.3, -0.25) is 4.79 Å². The molecule has 0 atom stereocenters. The monoisotopic (exact) mass is 400 g/mol. The summed E-state index contributed by atoms with van der Waals surface area (Å²) in [6, 6.07) is 7.79. The third kappa shape index (κ3) is 4.46. The van der Waals surface area contributed by atoms with Gasteiger partial charge in [0.25, 0.3) is 5.91 Å². The van der Waals surface area contributed by atoms with E-state index in [0.717, 1.165) is 29.5 Å². The fraction of sp³-hybridized carbons (Fsp3) is 0.571. The molecule has 0 spiro atoms. The van der Waals surface area contributed by atoms with Gasteiger partial charge < -0.3 is 14.5 Å². The maximum absolute atomic E-state index is 12.5. The number of amides is 1. The Balaban J connectivity index is 1.27. The number of nitrogens with zero attached hydrogens (tertiary/aromatic N) is 4. The number of anilines is 1. The minimum Gasteiger partial charge on any atom is -0.484 e. The third-order valence-corrected chi connectivity index (χ3v) is 6.88. The molecule has 28 heavy (non-hydrogen) atoms. The molecule has 4 rings (SSSR count). The van der Waals surface area contributed by atoms with Crippen molar-refractivity contribution in [3.8, 4) is 5.75 Å². The summed E-state index contributed by atoms with van der Waals surface area (Å²) in [6.07, 6.45) is 6.47. The standard InChI is InChI=1S/C21H28N4O2S/c1-16-7-5-6-10-18(16)27-15-19(26)24-11-13-25(14-12-24)21-23-22-20(28-21)17-8-3-2-4-9-17/h5-7,10,17H,2-4,8-9,11-15H2,1H3. The van der Waals surface area contributed by atoms with E-state index in [1.54, 1.807) is 11.3 Å². The lowest BCUT2D eigenvalue weighted by Gasteiger charge is -2.34. The van der Waals surface area contributed by atoms with E-state index < -0.39 is 0 Å². The van der Waals surface area contributed by atoms with Gasteiger partial charge in [0, 0.05) is 32.1 Å². The normalized spacial score (nSPS) is 18.3. The van der Waals surface area contributed by atoms with Crippen molar-refractivity contribution in [1.82, 2.24) is 15.1 Å². The minimum atomic E-state index is 0.0445. The molecule has 1 saturated carbocycles. The van der Waals surface area contributed by atoms with Crippen LogP contribution in [-0.4, -0.2) is 53.8 Å². The number of aryl methyl sites for hydroxylation is 1. The van der Waals surface area contributed by atoms with Crippen LogP contribution in [0.5, 0.6) is 5.75 Å². The molecular formula is C21H28N4O2S. The second-order valence-electron chi connectivity index (χ2n) is 7.68. The lowest BCUT2D eigenvalue weighted by molar-refractivity contribution is -0.133. The van der Waals surface area contributed by atoms with E-state index in [1.165, 1.54) is 37.1 Å². The molecule has 1 aromatic carbocycles. The summed E-state index contributed by atoms with van der Waals surface area (Å²) in [4.78, 5) is 16.6. The highest BCUT2D eigenvalue weighted by Gasteiger charge is 2.25. The highest BCUT2D eigenvalue weighted by molar-refractivity contribution is 7.15. The molecule has 1 amide bonds. The molecule has 150 valence electrons. The average Bonchev–Trinajstić information content (AvgIpc) is 3.24. The number of carbonyl (C=O) groups excluding carboxylic acids is 1. The Morgan fingerprint density at radius 3 is 2.61 bits per heavy atom. The van der Waals surface area contributed by atoms with Crippen LogP contribution in [-0.2, 0) is 4.79 Å². The summed E-state index contributed by atoms with van der Waals surface area (Å²) < 4.78 is 5.71. The lowest BCUT2D eigenvalue weighted by Crippen LogP contribution is -2.50. The van der Waals surface area contributed by atoms with Gasteiger partial charge in [0.15, 0.2) is 6.61 Å². The van der Waals surface area contributed by atoms with Crippen LogP contribution in [0.25, 0.3) is 0 Å². The third-order valence-electron chi connectivity index (χ3n) is 5.73. The average molecular weight is 401 g/mol. The number of rotatable bonds is 5. The Bertz CT molecular complexity index is 795. The van der Waals surface area contributed by atoms with E-state index in [4.69, 9.17) is 4.74 Å². The van der Waals surface area contributed by atoms with Crippen LogP contribution in [0.4, 0.5) is 5.13 Å². The largest absolute Gasteiger partial charge is 0.484 e. The van der Waals surface area contributed by atoms with E-state index in [9.17, 15) is 4.79 Å². The summed E-state index contributed by atoms with van der Waals surface area (Å²) in [5.74, 6) is 1.42. The Kier molecular flexibility index (Phi) is 6.10. The number of hydrogen-bond acceptors (Lipinski definition) is 6. The van der Waals surface area contributed by atoms with Crippen LogP contribution in [0.1, 0.15) is 48.6 Å². The quantitative estimate of drug-likeness (QED) is 0.767. The molecule has 2 aromatic rings. The fourth-order valence-corrected chi connectivity index (χ4v) is 5.03. The summed E-state index contributed by atoms with van der Waals surface area (Å²) in [5.41, 5.74) is 1.05. The van der Waals surface area contributed by atoms with Gasteiger partial charge in [0.2, 0.25) is 5.13 Å². The number of aromatic nitrogens is 2. The number of ether oxygens (including phenoxy) is 1. The molecule has 6 nitrogen and oxygen atoms in total. The first-order valence-electron chi connectivity index (χ1n) is 10.3. The molecule has 1 saturated heterocycles. The van der Waals surface area contributed by atoms with Gasteiger partial charge in [-0.05, 0) is 31.4 Å². The van der Waals surface area contributed by atoms with Gasteiger partial charge in [-0.15, -0.1) is 10.2 Å². The maximum atomic E-state index is 12.5. The molecule has 0 bridgehead atoms. The minimum absolute atomic E-state index is 0.0445. The van der Waals surface area contributed by atoms with Crippen molar-refractivity contribution in [3.05, 3.63) is 34.8 Å². The van der Waals surface area contributed by atoms with E-state index in [1.807, 2.05) is 36.1 Å². The van der Waals surface area contributed by atoms with E-state index in [0.29, 0.717) is 19.0 Å². The molecule has 0 radical (unpaired) electrons. The number of piperazine rings is 1. The fourth-order valence-electron chi connectivity index (χ4n) is 3.97. The Labute approximate surface area is 170 Å². The number of benzene rings is 1. The lowest BCUT2D eigenvalue weighted by atomic mass is 9.90. The van der Waals surface area contributed by atoms with Crippen LogP contribution >= 0.6 is 11.3 Å². The first-order chi connectivity index (χ1) is 13.7. The highest BCUT2D eigenvalue weighted by Crippen LogP contribution is 2.36. The van der Waals surface area contributed by atoms with Crippen molar-refractivity contribution >= 4 is 22.4 Å². The zero-order valence-corrected chi connectivity index (χ0v) is 17.3. The maximum Gasteiger partial charge on any atom is 0.260 e. The predicted molar refractivity (Wildman–Crippen MR) is 111 cm³/mol. The van der Waals surface area contributed by atoms with Crippen LogP contribution in [0, 0.1) is 6.92 Å². The van der Waals surface area contributed by atoms with Gasteiger partial charge in [0.1, 0.15) is 10.8 Å². The van der Waals surface area contributed by atoms with Crippen molar-refractivity contribution < 1.29 is 9.53 Å². The first kappa shape index (κ1) is 19.2. The summed E-state index contributed by atoms with van der Waals surface area (Å²) in [5, 5.41) is 11.1. The predicted octanol–water partition coefficient (Wildman–Crippen LogP) is 3.62. The van der Waals surface area contributed by atoms with Crippen LogP contribution in [0.2, 0.25) is 0 Å². The topological polar surface area (TPSA) is 58.6 Å². The molecule has 2 fully saturated rings. The van der Waals surface area contributed by atoms with Crippen molar-refractivity contribution in [2.24, 2.45) is 0 Å². The SMILES string of the molecule is Cc1ccccc1OCC(=O)N1CCN(c2nnc(C3CCCCC3)s2)CC1. The van der Waals surface area contributed by atoms with Crippen molar-refractivity contribution in [2.75, 3.05) is 37.7 Å². The van der Waals surface area contributed by atoms with Crippen LogP contribution in [0.3, 0.4) is 0 Å². The van der Waals surface area contributed by atoms with E-state index in [2.05, 4.69) is 15.1 Å². The number of para-hydroxylation sites is 1. The zero-order chi connectivity index (χ0) is 19.3.